The van der Waals surface area contributed by atoms with Gasteiger partial charge in [-0.05, 0) is 32.6 Å². The van der Waals surface area contributed by atoms with Crippen molar-refractivity contribution >= 4 is 17.2 Å². The minimum Gasteiger partial charge on any atom is -0.346 e. The maximum atomic E-state index is 12.1. The monoisotopic (exact) mass is 267 g/mol. The zero-order valence-electron chi connectivity index (χ0n) is 11.1. The Balaban J connectivity index is 2.05. The van der Waals surface area contributed by atoms with Gasteiger partial charge in [0.25, 0.3) is 0 Å². The van der Waals surface area contributed by atoms with Crippen molar-refractivity contribution in [3.63, 3.8) is 0 Å². The van der Waals surface area contributed by atoms with Crippen LogP contribution in [0.3, 0.4) is 0 Å². The number of nitrogens with zero attached hydrogens (tertiary/aromatic N) is 1. The van der Waals surface area contributed by atoms with Gasteiger partial charge in [-0.2, -0.15) is 0 Å². The van der Waals surface area contributed by atoms with Gasteiger partial charge < -0.3 is 11.1 Å². The lowest BCUT2D eigenvalue weighted by atomic mass is 10.0. The van der Waals surface area contributed by atoms with Crippen molar-refractivity contribution in [2.24, 2.45) is 17.6 Å². The molecule has 4 nitrogen and oxygen atoms in total. The van der Waals surface area contributed by atoms with Crippen LogP contribution in [0.4, 0.5) is 0 Å². The van der Waals surface area contributed by atoms with Crippen LogP contribution in [0.25, 0.3) is 0 Å². The van der Waals surface area contributed by atoms with E-state index < -0.39 is 0 Å². The van der Waals surface area contributed by atoms with E-state index in [4.69, 9.17) is 5.73 Å². The van der Waals surface area contributed by atoms with Crippen molar-refractivity contribution < 1.29 is 4.79 Å². The number of nitrogens with two attached hydrogens (primary N) is 1. The number of amides is 1. The number of rotatable bonds is 5. The number of carbonyl (C=O) groups excluding carboxylic acids is 1. The molecule has 0 aromatic carbocycles. The van der Waals surface area contributed by atoms with Crippen LogP contribution in [-0.4, -0.2) is 16.9 Å². The Labute approximate surface area is 112 Å². The predicted octanol–water partition coefficient (Wildman–Crippen LogP) is 2.00. The van der Waals surface area contributed by atoms with Crippen LogP contribution in [0.15, 0.2) is 5.38 Å². The third kappa shape index (κ3) is 3.09. The first-order valence-corrected chi connectivity index (χ1v) is 7.35. The molecule has 18 heavy (non-hydrogen) atoms. The molecule has 0 aliphatic heterocycles. The van der Waals surface area contributed by atoms with Gasteiger partial charge in [0.05, 0.1) is 6.04 Å². The average Bonchev–Trinajstić information content (AvgIpc) is 3.07. The van der Waals surface area contributed by atoms with Gasteiger partial charge in [-0.1, -0.05) is 6.92 Å². The highest BCUT2D eigenvalue weighted by Gasteiger charge is 2.36. The van der Waals surface area contributed by atoms with Crippen molar-refractivity contribution in [2.45, 2.75) is 45.7 Å². The molecule has 3 N–H and O–H groups in total. The van der Waals surface area contributed by atoms with Crippen LogP contribution in [0.1, 0.15) is 43.4 Å². The Morgan fingerprint density at radius 2 is 2.22 bits per heavy atom. The normalized spacial score (nSPS) is 20.2. The summed E-state index contributed by atoms with van der Waals surface area (Å²) in [4.78, 5) is 16.6. The molecule has 2 rings (SSSR count). The summed E-state index contributed by atoms with van der Waals surface area (Å²) in [5.74, 6) is 0.432. The van der Waals surface area contributed by atoms with E-state index in [-0.39, 0.29) is 23.9 Å². The fourth-order valence-corrected chi connectivity index (χ4v) is 2.79. The highest BCUT2D eigenvalue weighted by molar-refractivity contribution is 7.09. The molecule has 0 spiro atoms. The third-order valence-corrected chi connectivity index (χ3v) is 4.54. The first kappa shape index (κ1) is 13.5. The van der Waals surface area contributed by atoms with Crippen LogP contribution >= 0.6 is 11.3 Å². The lowest BCUT2D eigenvalue weighted by Gasteiger charge is -2.21. The molecule has 1 aromatic heterocycles. The Hall–Kier alpha value is -0.940. The molecule has 1 aliphatic carbocycles. The van der Waals surface area contributed by atoms with Gasteiger partial charge in [-0.25, -0.2) is 4.98 Å². The van der Waals surface area contributed by atoms with E-state index in [1.165, 1.54) is 12.8 Å². The lowest BCUT2D eigenvalue weighted by Crippen LogP contribution is -2.40. The number of aryl methyl sites for hydroxylation is 1. The summed E-state index contributed by atoms with van der Waals surface area (Å²) in [6.45, 7) is 5.72. The van der Waals surface area contributed by atoms with Crippen molar-refractivity contribution in [3.05, 3.63) is 16.1 Å². The molecular weight excluding hydrogens is 246 g/mol. The number of hydrogen-bond donors (Lipinski definition) is 2. The summed E-state index contributed by atoms with van der Waals surface area (Å²) < 4.78 is 0. The topological polar surface area (TPSA) is 68.0 Å². The van der Waals surface area contributed by atoms with Crippen molar-refractivity contribution in [2.75, 3.05) is 0 Å². The maximum absolute atomic E-state index is 12.1. The number of nitrogens with one attached hydrogen (secondary N) is 1. The Morgan fingerprint density at radius 1 is 1.56 bits per heavy atom. The SMILES string of the molecule is Cc1csc(C(NC(=O)C(C)C(C)N)C2CC2)n1. The minimum atomic E-state index is -0.160. The third-order valence-electron chi connectivity index (χ3n) is 3.50. The number of carbonyl (C=O) groups is 1. The number of thiazole rings is 1. The van der Waals surface area contributed by atoms with Crippen LogP contribution in [0, 0.1) is 18.8 Å². The van der Waals surface area contributed by atoms with Crippen LogP contribution in [0.5, 0.6) is 0 Å². The zero-order valence-corrected chi connectivity index (χ0v) is 12.0. The molecular formula is C13H21N3OS. The van der Waals surface area contributed by atoms with Crippen LogP contribution in [-0.2, 0) is 4.79 Å². The Morgan fingerprint density at radius 3 is 2.67 bits per heavy atom. The van der Waals surface area contributed by atoms with E-state index >= 15 is 0 Å². The lowest BCUT2D eigenvalue weighted by molar-refractivity contribution is -0.125. The van der Waals surface area contributed by atoms with Gasteiger partial charge in [-0.15, -0.1) is 11.3 Å². The average molecular weight is 267 g/mol. The highest BCUT2D eigenvalue weighted by Crippen LogP contribution is 2.41. The molecule has 0 radical (unpaired) electrons. The predicted molar refractivity (Wildman–Crippen MR) is 73.3 cm³/mol. The standard InChI is InChI=1S/C13H21N3OS/c1-7-6-18-13(15-7)11(10-4-5-10)16-12(17)8(2)9(3)14/h6,8-11H,4-5,14H2,1-3H3,(H,16,17). The maximum Gasteiger partial charge on any atom is 0.224 e. The van der Waals surface area contributed by atoms with Crippen LogP contribution in [0.2, 0.25) is 0 Å². The van der Waals surface area contributed by atoms with Gasteiger partial charge in [0.15, 0.2) is 0 Å². The largest absolute Gasteiger partial charge is 0.346 e. The molecule has 1 heterocycles. The summed E-state index contributed by atoms with van der Waals surface area (Å²) in [6, 6.07) is -0.0414. The van der Waals surface area contributed by atoms with E-state index in [2.05, 4.69) is 10.3 Å². The Bertz CT molecular complexity index is 426. The second kappa shape index (κ2) is 5.36. The quantitative estimate of drug-likeness (QED) is 0.857. The van der Waals surface area contributed by atoms with E-state index in [1.54, 1.807) is 11.3 Å². The first-order valence-electron chi connectivity index (χ1n) is 6.47. The smallest absolute Gasteiger partial charge is 0.224 e. The van der Waals surface area contributed by atoms with Gasteiger partial charge in [0.2, 0.25) is 5.91 Å². The second-order valence-electron chi connectivity index (χ2n) is 5.30. The molecule has 1 aromatic rings. The molecule has 3 unspecified atom stereocenters. The summed E-state index contributed by atoms with van der Waals surface area (Å²) in [5.41, 5.74) is 6.80. The fraction of sp³-hybridized carbons (Fsp3) is 0.692. The fourth-order valence-electron chi connectivity index (χ4n) is 1.85. The second-order valence-corrected chi connectivity index (χ2v) is 6.19. The van der Waals surface area contributed by atoms with Gasteiger partial charge in [0.1, 0.15) is 5.01 Å². The molecule has 0 bridgehead atoms. The van der Waals surface area contributed by atoms with E-state index in [9.17, 15) is 4.79 Å². The molecule has 1 fully saturated rings. The van der Waals surface area contributed by atoms with Gasteiger partial charge in [0, 0.05) is 23.0 Å². The van der Waals surface area contributed by atoms with Crippen LogP contribution < -0.4 is 11.1 Å². The summed E-state index contributed by atoms with van der Waals surface area (Å²) in [5, 5.41) is 6.18. The number of aromatic nitrogens is 1. The van der Waals surface area contributed by atoms with Crippen molar-refractivity contribution in [1.82, 2.24) is 10.3 Å². The molecule has 3 atom stereocenters. The zero-order chi connectivity index (χ0) is 13.3. The summed E-state index contributed by atoms with van der Waals surface area (Å²) in [7, 11) is 0. The molecule has 1 saturated carbocycles. The Kier molecular flexibility index (Phi) is 4.02. The van der Waals surface area contributed by atoms with Crippen molar-refractivity contribution in [1.29, 1.82) is 0 Å². The summed E-state index contributed by atoms with van der Waals surface area (Å²) >= 11 is 1.63. The first-order chi connectivity index (χ1) is 8.49. The minimum absolute atomic E-state index is 0.0368. The molecule has 0 saturated heterocycles. The van der Waals surface area contributed by atoms with Gasteiger partial charge >= 0.3 is 0 Å². The van der Waals surface area contributed by atoms with E-state index in [0.29, 0.717) is 5.92 Å². The molecule has 100 valence electrons. The summed E-state index contributed by atoms with van der Waals surface area (Å²) in [6.07, 6.45) is 2.35. The van der Waals surface area contributed by atoms with E-state index in [0.717, 1.165) is 10.7 Å². The molecule has 1 amide bonds. The van der Waals surface area contributed by atoms with Crippen molar-refractivity contribution in [3.8, 4) is 0 Å². The molecule has 1 aliphatic rings. The highest BCUT2D eigenvalue weighted by atomic mass is 32.1. The van der Waals surface area contributed by atoms with Gasteiger partial charge in [-0.3, -0.25) is 4.79 Å². The molecule has 5 heteroatoms. The number of hydrogen-bond acceptors (Lipinski definition) is 4. The van der Waals surface area contributed by atoms with E-state index in [1.807, 2.05) is 26.2 Å².